The Morgan fingerprint density at radius 3 is 2.42 bits per heavy atom. The average molecular weight is 257 g/mol. The summed E-state index contributed by atoms with van der Waals surface area (Å²) in [6.07, 6.45) is 0. The average Bonchev–Trinajstić information content (AvgIpc) is 2.46. The summed E-state index contributed by atoms with van der Waals surface area (Å²) in [6.45, 7) is 2.56. The van der Waals surface area contributed by atoms with E-state index < -0.39 is 0 Å². The Bertz CT molecular complexity index is 535. The maximum absolute atomic E-state index is 5.78. The molecule has 0 unspecified atom stereocenters. The van der Waals surface area contributed by atoms with Crippen molar-refractivity contribution in [1.29, 1.82) is 0 Å². The fourth-order valence-corrected chi connectivity index (χ4v) is 1.90. The lowest BCUT2D eigenvalue weighted by molar-refractivity contribution is 0.296. The van der Waals surface area contributed by atoms with Gasteiger partial charge in [0.05, 0.1) is 7.11 Å². The van der Waals surface area contributed by atoms with Crippen LogP contribution in [0.25, 0.3) is 0 Å². The normalized spacial score (nSPS) is 10.1. The molecule has 0 saturated heterocycles. The van der Waals surface area contributed by atoms with Gasteiger partial charge in [0.1, 0.15) is 18.1 Å². The minimum Gasteiger partial charge on any atom is -0.496 e. The Morgan fingerprint density at radius 1 is 1.05 bits per heavy atom. The number of hydrogen-bond acceptors (Lipinski definition) is 3. The molecule has 0 spiro atoms. The van der Waals surface area contributed by atoms with Gasteiger partial charge in [-0.3, -0.25) is 0 Å². The van der Waals surface area contributed by atoms with Gasteiger partial charge in [0.2, 0.25) is 0 Å². The molecule has 0 atom stereocenters. The summed E-state index contributed by atoms with van der Waals surface area (Å²) in [5.41, 5.74) is 3.32. The molecule has 0 aromatic heterocycles. The summed E-state index contributed by atoms with van der Waals surface area (Å²) in [6, 6.07) is 14.0. The number of methoxy groups -OCH3 is 1. The monoisotopic (exact) mass is 257 g/mol. The molecule has 1 N–H and O–H groups in total. The lowest BCUT2D eigenvalue weighted by atomic mass is 10.1. The predicted octanol–water partition coefficient (Wildman–Crippen LogP) is 3.62. The molecule has 19 heavy (non-hydrogen) atoms. The van der Waals surface area contributed by atoms with Crippen LogP contribution in [0.15, 0.2) is 42.5 Å². The quantitative estimate of drug-likeness (QED) is 0.887. The van der Waals surface area contributed by atoms with Crippen molar-refractivity contribution in [1.82, 2.24) is 0 Å². The molecule has 2 aromatic rings. The number of aryl methyl sites for hydroxylation is 1. The first kappa shape index (κ1) is 13.3. The Morgan fingerprint density at radius 2 is 1.79 bits per heavy atom. The first-order chi connectivity index (χ1) is 9.22. The van der Waals surface area contributed by atoms with E-state index in [4.69, 9.17) is 9.47 Å². The fraction of sp³-hybridized carbons (Fsp3) is 0.250. The van der Waals surface area contributed by atoms with E-state index in [1.165, 1.54) is 5.56 Å². The van der Waals surface area contributed by atoms with Crippen molar-refractivity contribution in [3.8, 4) is 11.5 Å². The highest BCUT2D eigenvalue weighted by Crippen LogP contribution is 2.22. The largest absolute Gasteiger partial charge is 0.496 e. The van der Waals surface area contributed by atoms with E-state index in [1.807, 2.05) is 43.4 Å². The van der Waals surface area contributed by atoms with Crippen molar-refractivity contribution in [2.45, 2.75) is 13.5 Å². The van der Waals surface area contributed by atoms with E-state index in [9.17, 15) is 0 Å². The molecule has 0 bridgehead atoms. The third-order valence-corrected chi connectivity index (χ3v) is 2.97. The summed E-state index contributed by atoms with van der Waals surface area (Å²) in [5, 5.41) is 3.08. The highest BCUT2D eigenvalue weighted by molar-refractivity contribution is 5.45. The van der Waals surface area contributed by atoms with E-state index in [-0.39, 0.29) is 0 Å². The van der Waals surface area contributed by atoms with E-state index in [2.05, 4.69) is 18.3 Å². The van der Waals surface area contributed by atoms with Gasteiger partial charge in [-0.15, -0.1) is 0 Å². The molecule has 2 aromatic carbocycles. The second kappa shape index (κ2) is 6.14. The van der Waals surface area contributed by atoms with Crippen LogP contribution in [-0.2, 0) is 6.61 Å². The van der Waals surface area contributed by atoms with Crippen molar-refractivity contribution in [2.24, 2.45) is 0 Å². The van der Waals surface area contributed by atoms with Crippen molar-refractivity contribution >= 4 is 5.69 Å². The maximum Gasteiger partial charge on any atom is 0.125 e. The van der Waals surface area contributed by atoms with Crippen LogP contribution in [0.3, 0.4) is 0 Å². The zero-order valence-electron chi connectivity index (χ0n) is 11.6. The summed E-state index contributed by atoms with van der Waals surface area (Å²) in [7, 11) is 3.57. The van der Waals surface area contributed by atoms with Gasteiger partial charge in [-0.1, -0.05) is 11.6 Å². The fourth-order valence-electron chi connectivity index (χ4n) is 1.90. The lowest BCUT2D eigenvalue weighted by Crippen LogP contribution is -1.99. The molecule has 0 amide bonds. The van der Waals surface area contributed by atoms with E-state index in [0.717, 1.165) is 22.7 Å². The maximum atomic E-state index is 5.78. The second-order valence-corrected chi connectivity index (χ2v) is 4.38. The lowest BCUT2D eigenvalue weighted by Gasteiger charge is -2.11. The zero-order valence-corrected chi connectivity index (χ0v) is 11.6. The van der Waals surface area contributed by atoms with Gasteiger partial charge >= 0.3 is 0 Å². The van der Waals surface area contributed by atoms with Crippen LogP contribution in [0.1, 0.15) is 11.1 Å². The molecule has 0 aliphatic carbocycles. The third kappa shape index (κ3) is 3.41. The molecule has 0 heterocycles. The van der Waals surface area contributed by atoms with Gasteiger partial charge in [0, 0.05) is 18.3 Å². The predicted molar refractivity (Wildman–Crippen MR) is 78.1 cm³/mol. The van der Waals surface area contributed by atoms with E-state index in [0.29, 0.717) is 6.61 Å². The Labute approximate surface area is 114 Å². The van der Waals surface area contributed by atoms with E-state index in [1.54, 1.807) is 7.11 Å². The molecular formula is C16H19NO2. The van der Waals surface area contributed by atoms with Crippen LogP contribution in [0, 0.1) is 6.92 Å². The van der Waals surface area contributed by atoms with Gasteiger partial charge in [0.15, 0.2) is 0 Å². The summed E-state index contributed by atoms with van der Waals surface area (Å²) >= 11 is 0. The Hall–Kier alpha value is -2.16. The molecule has 100 valence electrons. The number of anilines is 1. The molecular weight excluding hydrogens is 238 g/mol. The number of benzene rings is 2. The van der Waals surface area contributed by atoms with E-state index >= 15 is 0 Å². The summed E-state index contributed by atoms with van der Waals surface area (Å²) in [4.78, 5) is 0. The standard InChI is InChI=1S/C16H19NO2/c1-12-4-9-16(18-3)13(10-12)11-19-15-7-5-14(17-2)6-8-15/h4-10,17H,11H2,1-3H3. The molecule has 3 nitrogen and oxygen atoms in total. The summed E-state index contributed by atoms with van der Waals surface area (Å²) in [5.74, 6) is 1.71. The SMILES string of the molecule is CNc1ccc(OCc2cc(C)ccc2OC)cc1. The Kier molecular flexibility index (Phi) is 4.29. The van der Waals surface area contributed by atoms with Crippen LogP contribution < -0.4 is 14.8 Å². The van der Waals surface area contributed by atoms with Gasteiger partial charge < -0.3 is 14.8 Å². The highest BCUT2D eigenvalue weighted by Gasteiger charge is 2.04. The topological polar surface area (TPSA) is 30.5 Å². The van der Waals surface area contributed by atoms with Crippen LogP contribution >= 0.6 is 0 Å². The molecule has 2 rings (SSSR count). The van der Waals surface area contributed by atoms with Gasteiger partial charge in [-0.2, -0.15) is 0 Å². The molecule has 0 fully saturated rings. The third-order valence-electron chi connectivity index (χ3n) is 2.97. The van der Waals surface area contributed by atoms with Crippen LogP contribution in [0.4, 0.5) is 5.69 Å². The second-order valence-electron chi connectivity index (χ2n) is 4.38. The number of nitrogens with one attached hydrogen (secondary N) is 1. The molecule has 3 heteroatoms. The van der Waals surface area contributed by atoms with Crippen molar-refractivity contribution in [3.63, 3.8) is 0 Å². The van der Waals surface area contributed by atoms with Crippen molar-refractivity contribution in [2.75, 3.05) is 19.5 Å². The zero-order chi connectivity index (χ0) is 13.7. The van der Waals surface area contributed by atoms with Crippen molar-refractivity contribution < 1.29 is 9.47 Å². The van der Waals surface area contributed by atoms with Gasteiger partial charge in [-0.25, -0.2) is 0 Å². The highest BCUT2D eigenvalue weighted by atomic mass is 16.5. The number of hydrogen-bond donors (Lipinski definition) is 1. The molecule has 0 saturated carbocycles. The van der Waals surface area contributed by atoms with Crippen molar-refractivity contribution in [3.05, 3.63) is 53.6 Å². The molecule has 0 aliphatic rings. The Balaban J connectivity index is 2.07. The first-order valence-electron chi connectivity index (χ1n) is 6.27. The van der Waals surface area contributed by atoms with Crippen LogP contribution in [0.5, 0.6) is 11.5 Å². The molecule has 0 aliphatic heterocycles. The van der Waals surface area contributed by atoms with Gasteiger partial charge in [-0.05, 0) is 43.3 Å². The first-order valence-corrected chi connectivity index (χ1v) is 6.27. The summed E-state index contributed by atoms with van der Waals surface area (Å²) < 4.78 is 11.1. The van der Waals surface area contributed by atoms with Crippen LogP contribution in [0.2, 0.25) is 0 Å². The minimum absolute atomic E-state index is 0.504. The molecule has 0 radical (unpaired) electrons. The number of ether oxygens (including phenoxy) is 2. The van der Waals surface area contributed by atoms with Gasteiger partial charge in [0.25, 0.3) is 0 Å². The minimum atomic E-state index is 0.504. The number of rotatable bonds is 5. The smallest absolute Gasteiger partial charge is 0.125 e. The van der Waals surface area contributed by atoms with Crippen LogP contribution in [-0.4, -0.2) is 14.2 Å².